The van der Waals surface area contributed by atoms with E-state index < -0.39 is 11.5 Å². The van der Waals surface area contributed by atoms with Crippen LogP contribution in [0.1, 0.15) is 17.3 Å². The van der Waals surface area contributed by atoms with Gasteiger partial charge in [0.25, 0.3) is 5.56 Å². The number of carbonyl (C=O) groups is 2. The quantitative estimate of drug-likeness (QED) is 0.925. The van der Waals surface area contributed by atoms with Crippen LogP contribution < -0.4 is 5.56 Å². The van der Waals surface area contributed by atoms with Crippen LogP contribution in [0.2, 0.25) is 0 Å². The highest BCUT2D eigenvalue weighted by atomic mass is 32.1. The number of nitrogens with zero attached hydrogens (tertiary/aromatic N) is 1. The smallest absolute Gasteiger partial charge is 0.341 e. The summed E-state index contributed by atoms with van der Waals surface area (Å²) in [7, 11) is 0. The molecule has 0 unspecified atom stereocenters. The number of pyridine rings is 1. The predicted molar refractivity (Wildman–Crippen MR) is 71.7 cm³/mol. The molecule has 1 N–H and O–H groups in total. The van der Waals surface area contributed by atoms with Gasteiger partial charge < -0.3 is 5.11 Å². The molecule has 0 saturated heterocycles. The fraction of sp³-hybridized carbons (Fsp3) is 0.154. The van der Waals surface area contributed by atoms with Crippen LogP contribution in [0.15, 0.2) is 34.4 Å². The van der Waals surface area contributed by atoms with Gasteiger partial charge in [-0.1, -0.05) is 6.07 Å². The molecular weight excluding hydrogens is 266 g/mol. The minimum Gasteiger partial charge on any atom is -0.477 e. The monoisotopic (exact) mass is 277 g/mol. The molecule has 0 amide bonds. The molecule has 0 saturated carbocycles. The summed E-state index contributed by atoms with van der Waals surface area (Å²) in [6.07, 6.45) is 0. The van der Waals surface area contributed by atoms with Crippen LogP contribution in [0.4, 0.5) is 0 Å². The molecule has 98 valence electrons. The Hall–Kier alpha value is -2.21. The zero-order valence-corrected chi connectivity index (χ0v) is 10.9. The third kappa shape index (κ3) is 2.63. The average molecular weight is 277 g/mol. The molecule has 0 aromatic carbocycles. The summed E-state index contributed by atoms with van der Waals surface area (Å²) in [5.41, 5.74) is -0.435. The van der Waals surface area contributed by atoms with Gasteiger partial charge in [0, 0.05) is 0 Å². The first-order chi connectivity index (χ1) is 9.00. The molecule has 5 nitrogen and oxygen atoms in total. The number of aromatic nitrogens is 1. The van der Waals surface area contributed by atoms with Gasteiger partial charge in [0.2, 0.25) is 0 Å². The Labute approximate surface area is 112 Å². The van der Waals surface area contributed by atoms with Gasteiger partial charge in [-0.15, -0.1) is 11.3 Å². The number of rotatable bonds is 4. The molecule has 0 aliphatic rings. The van der Waals surface area contributed by atoms with E-state index in [0.29, 0.717) is 5.69 Å². The van der Waals surface area contributed by atoms with Crippen molar-refractivity contribution in [3.63, 3.8) is 0 Å². The maximum Gasteiger partial charge on any atom is 0.341 e. The van der Waals surface area contributed by atoms with Crippen LogP contribution in [0.3, 0.4) is 0 Å². The number of carbonyl (C=O) groups excluding carboxylic acids is 1. The summed E-state index contributed by atoms with van der Waals surface area (Å²) in [5.74, 6) is -1.50. The van der Waals surface area contributed by atoms with Gasteiger partial charge in [0.05, 0.1) is 17.1 Å². The highest BCUT2D eigenvalue weighted by Crippen LogP contribution is 2.23. The number of Topliss-reactive ketones (excluding diaryl/α,β-unsaturated/α-hetero) is 1. The largest absolute Gasteiger partial charge is 0.477 e. The van der Waals surface area contributed by atoms with E-state index in [9.17, 15) is 14.4 Å². The lowest BCUT2D eigenvalue weighted by Crippen LogP contribution is -2.29. The maximum atomic E-state index is 12.1. The van der Waals surface area contributed by atoms with Crippen LogP contribution in [-0.2, 0) is 11.3 Å². The normalized spacial score (nSPS) is 10.4. The molecule has 2 aromatic heterocycles. The topological polar surface area (TPSA) is 76.4 Å². The minimum absolute atomic E-state index is 0.132. The predicted octanol–water partition coefficient (Wildman–Crippen LogP) is 1.86. The highest BCUT2D eigenvalue weighted by molar-refractivity contribution is 7.13. The Kier molecular flexibility index (Phi) is 3.62. The first-order valence-corrected chi connectivity index (χ1v) is 6.39. The molecule has 0 aliphatic carbocycles. The Balaban J connectivity index is 2.68. The molecule has 0 radical (unpaired) electrons. The van der Waals surface area contributed by atoms with Crippen molar-refractivity contribution in [2.75, 3.05) is 0 Å². The van der Waals surface area contributed by atoms with Crippen molar-refractivity contribution in [1.29, 1.82) is 0 Å². The molecule has 6 heteroatoms. The Morgan fingerprint density at radius 2 is 2.05 bits per heavy atom. The first kappa shape index (κ1) is 13.2. The molecule has 0 aliphatic heterocycles. The van der Waals surface area contributed by atoms with Crippen molar-refractivity contribution in [2.45, 2.75) is 13.5 Å². The molecule has 0 atom stereocenters. The van der Waals surface area contributed by atoms with Crippen LogP contribution in [-0.4, -0.2) is 21.4 Å². The third-order valence-electron chi connectivity index (χ3n) is 2.56. The van der Waals surface area contributed by atoms with E-state index in [0.717, 1.165) is 4.88 Å². The zero-order chi connectivity index (χ0) is 14.0. The molecule has 0 fully saturated rings. The molecule has 2 heterocycles. The number of carboxylic acids is 1. The average Bonchev–Trinajstić information content (AvgIpc) is 2.84. The molecule has 0 bridgehead atoms. The van der Waals surface area contributed by atoms with Gasteiger partial charge in [0.1, 0.15) is 11.3 Å². The third-order valence-corrected chi connectivity index (χ3v) is 3.45. The van der Waals surface area contributed by atoms with E-state index >= 15 is 0 Å². The van der Waals surface area contributed by atoms with E-state index in [1.165, 1.54) is 28.9 Å². The van der Waals surface area contributed by atoms with Crippen molar-refractivity contribution in [3.05, 3.63) is 45.6 Å². The standard InChI is InChI=1S/C13H11NO4S/c1-8(15)7-14-10(11-3-2-6-19-11)5-4-9(12(14)16)13(17)18/h2-6H,7H2,1H3,(H,17,18). The number of hydrogen-bond acceptors (Lipinski definition) is 4. The van der Waals surface area contributed by atoms with Crippen molar-refractivity contribution in [1.82, 2.24) is 4.57 Å². The van der Waals surface area contributed by atoms with Gasteiger partial charge in [-0.2, -0.15) is 0 Å². The summed E-state index contributed by atoms with van der Waals surface area (Å²) in [5, 5.41) is 10.8. The van der Waals surface area contributed by atoms with E-state index in [-0.39, 0.29) is 17.9 Å². The SMILES string of the molecule is CC(=O)Cn1c(-c2cccs2)ccc(C(=O)O)c1=O. The molecule has 2 rings (SSSR count). The fourth-order valence-electron chi connectivity index (χ4n) is 1.76. The van der Waals surface area contributed by atoms with Gasteiger partial charge in [-0.3, -0.25) is 14.2 Å². The summed E-state index contributed by atoms with van der Waals surface area (Å²) < 4.78 is 1.21. The zero-order valence-electron chi connectivity index (χ0n) is 10.1. The second-order valence-electron chi connectivity index (χ2n) is 4.01. The number of hydrogen-bond donors (Lipinski definition) is 1. The summed E-state index contributed by atoms with van der Waals surface area (Å²) >= 11 is 1.42. The van der Waals surface area contributed by atoms with Gasteiger partial charge in [0.15, 0.2) is 0 Å². The summed E-state index contributed by atoms with van der Waals surface area (Å²) in [6.45, 7) is 1.23. The molecule has 0 spiro atoms. The van der Waals surface area contributed by atoms with E-state index in [1.54, 1.807) is 6.07 Å². The molecule has 19 heavy (non-hydrogen) atoms. The van der Waals surface area contributed by atoms with E-state index in [1.807, 2.05) is 17.5 Å². The van der Waals surface area contributed by atoms with Crippen molar-refractivity contribution < 1.29 is 14.7 Å². The Morgan fingerprint density at radius 3 is 2.58 bits per heavy atom. The lowest BCUT2D eigenvalue weighted by atomic mass is 10.2. The van der Waals surface area contributed by atoms with Gasteiger partial charge >= 0.3 is 5.97 Å². The highest BCUT2D eigenvalue weighted by Gasteiger charge is 2.16. The van der Waals surface area contributed by atoms with Crippen LogP contribution >= 0.6 is 11.3 Å². The Bertz CT molecular complexity index is 685. The number of ketones is 1. The lowest BCUT2D eigenvalue weighted by Gasteiger charge is -2.10. The second-order valence-corrected chi connectivity index (χ2v) is 4.96. The van der Waals surface area contributed by atoms with Crippen LogP contribution in [0, 0.1) is 0 Å². The van der Waals surface area contributed by atoms with Crippen molar-refractivity contribution >= 4 is 23.1 Å². The second kappa shape index (κ2) is 5.19. The van der Waals surface area contributed by atoms with Gasteiger partial charge in [-0.05, 0) is 30.5 Å². The number of carboxylic acid groups (broad SMARTS) is 1. The van der Waals surface area contributed by atoms with E-state index in [4.69, 9.17) is 5.11 Å². The lowest BCUT2D eigenvalue weighted by molar-refractivity contribution is -0.117. The molecular formula is C13H11NO4S. The minimum atomic E-state index is -1.29. The maximum absolute atomic E-state index is 12.1. The first-order valence-electron chi connectivity index (χ1n) is 5.51. The fourth-order valence-corrected chi connectivity index (χ4v) is 2.52. The van der Waals surface area contributed by atoms with Crippen LogP contribution in [0.25, 0.3) is 10.6 Å². The van der Waals surface area contributed by atoms with Crippen molar-refractivity contribution in [2.24, 2.45) is 0 Å². The van der Waals surface area contributed by atoms with Crippen molar-refractivity contribution in [3.8, 4) is 10.6 Å². The molecule has 2 aromatic rings. The van der Waals surface area contributed by atoms with Crippen LogP contribution in [0.5, 0.6) is 0 Å². The number of aromatic carboxylic acids is 1. The van der Waals surface area contributed by atoms with E-state index in [2.05, 4.69) is 0 Å². The van der Waals surface area contributed by atoms with Gasteiger partial charge in [-0.25, -0.2) is 4.79 Å². The Morgan fingerprint density at radius 1 is 1.32 bits per heavy atom. The summed E-state index contributed by atoms with van der Waals surface area (Å²) in [4.78, 5) is 35.1. The summed E-state index contributed by atoms with van der Waals surface area (Å²) in [6, 6.07) is 6.47. The number of thiophene rings is 1.